The standard InChI is InChI=1S/C16H9ClN2OS/c17-11-4-1-3-10(7-11)12-8-14(15-5-2-6-21-15)19-16(20)13(12)9-18/h1-8H,(H,19,20). The highest BCUT2D eigenvalue weighted by Crippen LogP contribution is 2.29. The maximum absolute atomic E-state index is 12.1. The number of H-pyrrole nitrogens is 1. The average Bonchev–Trinajstić information content (AvgIpc) is 3.00. The fourth-order valence-electron chi connectivity index (χ4n) is 2.12. The van der Waals surface area contributed by atoms with E-state index in [1.54, 1.807) is 18.2 Å². The lowest BCUT2D eigenvalue weighted by atomic mass is 10.0. The number of rotatable bonds is 2. The number of thiophene rings is 1. The van der Waals surface area contributed by atoms with Crippen LogP contribution in [0.5, 0.6) is 0 Å². The summed E-state index contributed by atoms with van der Waals surface area (Å²) < 4.78 is 0. The van der Waals surface area contributed by atoms with Crippen molar-refractivity contribution in [3.63, 3.8) is 0 Å². The van der Waals surface area contributed by atoms with Gasteiger partial charge in [0.25, 0.3) is 5.56 Å². The number of aromatic amines is 1. The Labute approximate surface area is 130 Å². The molecule has 0 atom stereocenters. The summed E-state index contributed by atoms with van der Waals surface area (Å²) in [5.41, 5.74) is 1.75. The van der Waals surface area contributed by atoms with Gasteiger partial charge in [0.2, 0.25) is 0 Å². The molecular weight excluding hydrogens is 304 g/mol. The third kappa shape index (κ3) is 2.62. The number of aromatic nitrogens is 1. The molecule has 3 nitrogen and oxygen atoms in total. The molecule has 2 heterocycles. The zero-order valence-electron chi connectivity index (χ0n) is 10.8. The highest BCUT2D eigenvalue weighted by molar-refractivity contribution is 7.13. The van der Waals surface area contributed by atoms with Gasteiger partial charge < -0.3 is 4.98 Å². The first-order valence-electron chi connectivity index (χ1n) is 6.16. The molecule has 1 N–H and O–H groups in total. The van der Waals surface area contributed by atoms with Crippen LogP contribution in [0.4, 0.5) is 0 Å². The molecule has 0 fully saturated rings. The topological polar surface area (TPSA) is 56.6 Å². The van der Waals surface area contributed by atoms with Crippen LogP contribution in [0.3, 0.4) is 0 Å². The van der Waals surface area contributed by atoms with Crippen LogP contribution in [0.25, 0.3) is 21.7 Å². The predicted molar refractivity (Wildman–Crippen MR) is 85.5 cm³/mol. The molecule has 0 amide bonds. The summed E-state index contributed by atoms with van der Waals surface area (Å²) in [6.07, 6.45) is 0. The highest BCUT2D eigenvalue weighted by Gasteiger charge is 2.13. The first kappa shape index (κ1) is 13.6. The summed E-state index contributed by atoms with van der Waals surface area (Å²) in [4.78, 5) is 15.8. The molecule has 0 spiro atoms. The molecule has 1 aromatic carbocycles. The molecular formula is C16H9ClN2OS. The lowest BCUT2D eigenvalue weighted by Gasteiger charge is -2.07. The Morgan fingerprint density at radius 2 is 2.05 bits per heavy atom. The van der Waals surface area contributed by atoms with Gasteiger partial charge in [0.15, 0.2) is 0 Å². The number of hydrogen-bond acceptors (Lipinski definition) is 3. The monoisotopic (exact) mass is 312 g/mol. The van der Waals surface area contributed by atoms with Gasteiger partial charge in [0.1, 0.15) is 11.6 Å². The SMILES string of the molecule is N#Cc1c(-c2cccc(Cl)c2)cc(-c2cccs2)[nH]c1=O. The van der Waals surface area contributed by atoms with E-state index in [1.165, 1.54) is 11.3 Å². The Balaban J connectivity index is 2.28. The molecule has 21 heavy (non-hydrogen) atoms. The van der Waals surface area contributed by atoms with Crippen molar-refractivity contribution in [2.24, 2.45) is 0 Å². The van der Waals surface area contributed by atoms with E-state index >= 15 is 0 Å². The van der Waals surface area contributed by atoms with E-state index in [9.17, 15) is 10.1 Å². The van der Waals surface area contributed by atoms with Gasteiger partial charge in [-0.2, -0.15) is 5.26 Å². The highest BCUT2D eigenvalue weighted by atomic mass is 35.5. The number of benzene rings is 1. The third-order valence-electron chi connectivity index (χ3n) is 3.07. The van der Waals surface area contributed by atoms with Gasteiger partial charge in [-0.1, -0.05) is 29.8 Å². The molecule has 0 aliphatic carbocycles. The Bertz CT molecular complexity index is 891. The maximum atomic E-state index is 12.1. The van der Waals surface area contributed by atoms with Crippen LogP contribution in [0.15, 0.2) is 52.6 Å². The molecule has 3 aromatic rings. The smallest absolute Gasteiger partial charge is 0.266 e. The molecule has 0 radical (unpaired) electrons. The summed E-state index contributed by atoms with van der Waals surface area (Å²) in [7, 11) is 0. The van der Waals surface area contributed by atoms with Crippen LogP contribution >= 0.6 is 22.9 Å². The van der Waals surface area contributed by atoms with Gasteiger partial charge in [-0.25, -0.2) is 0 Å². The van der Waals surface area contributed by atoms with Crippen molar-refractivity contribution < 1.29 is 0 Å². The molecule has 0 aliphatic heterocycles. The number of nitrogens with one attached hydrogen (secondary N) is 1. The van der Waals surface area contributed by atoms with Crippen LogP contribution in [-0.2, 0) is 0 Å². The van der Waals surface area contributed by atoms with Crippen molar-refractivity contribution >= 4 is 22.9 Å². The van der Waals surface area contributed by atoms with E-state index in [0.29, 0.717) is 16.3 Å². The molecule has 0 saturated carbocycles. The molecule has 0 saturated heterocycles. The minimum atomic E-state index is -0.390. The zero-order chi connectivity index (χ0) is 14.8. The van der Waals surface area contributed by atoms with E-state index in [1.807, 2.05) is 35.7 Å². The van der Waals surface area contributed by atoms with Gasteiger partial charge >= 0.3 is 0 Å². The molecule has 102 valence electrons. The van der Waals surface area contributed by atoms with Crippen molar-refractivity contribution in [3.05, 3.63) is 68.8 Å². The first-order valence-corrected chi connectivity index (χ1v) is 7.42. The van der Waals surface area contributed by atoms with Crippen LogP contribution in [0.2, 0.25) is 5.02 Å². The third-order valence-corrected chi connectivity index (χ3v) is 4.21. The second kappa shape index (κ2) is 5.57. The molecule has 2 aromatic heterocycles. The van der Waals surface area contributed by atoms with Crippen molar-refractivity contribution in [2.45, 2.75) is 0 Å². The van der Waals surface area contributed by atoms with Crippen LogP contribution in [0.1, 0.15) is 5.56 Å². The van der Waals surface area contributed by atoms with E-state index in [0.717, 1.165) is 10.4 Å². The quantitative estimate of drug-likeness (QED) is 0.767. The van der Waals surface area contributed by atoms with Crippen molar-refractivity contribution in [2.75, 3.05) is 0 Å². The van der Waals surface area contributed by atoms with E-state index in [-0.39, 0.29) is 5.56 Å². The Hall–Kier alpha value is -2.35. The average molecular weight is 313 g/mol. The first-order chi connectivity index (χ1) is 10.2. The maximum Gasteiger partial charge on any atom is 0.266 e. The molecule has 3 rings (SSSR count). The van der Waals surface area contributed by atoms with Crippen LogP contribution in [-0.4, -0.2) is 4.98 Å². The molecule has 0 bridgehead atoms. The van der Waals surface area contributed by atoms with Gasteiger partial charge in [0, 0.05) is 10.6 Å². The minimum absolute atomic E-state index is 0.0950. The van der Waals surface area contributed by atoms with Gasteiger partial charge in [0.05, 0.1) is 10.6 Å². The molecule has 5 heteroatoms. The number of nitriles is 1. The number of halogens is 1. The second-order valence-corrected chi connectivity index (χ2v) is 5.78. The lowest BCUT2D eigenvalue weighted by molar-refractivity contribution is 1.23. The Kier molecular flexibility index (Phi) is 3.61. The minimum Gasteiger partial charge on any atom is -0.320 e. The zero-order valence-corrected chi connectivity index (χ0v) is 12.3. The summed E-state index contributed by atoms with van der Waals surface area (Å²) in [5.74, 6) is 0. The number of nitrogens with zero attached hydrogens (tertiary/aromatic N) is 1. The molecule has 0 aliphatic rings. The van der Waals surface area contributed by atoms with Crippen LogP contribution < -0.4 is 5.56 Å². The second-order valence-electron chi connectivity index (χ2n) is 4.40. The van der Waals surface area contributed by atoms with Crippen molar-refractivity contribution in [1.82, 2.24) is 4.98 Å². The number of pyridine rings is 1. The fourth-order valence-corrected chi connectivity index (χ4v) is 3.01. The van der Waals surface area contributed by atoms with Gasteiger partial charge in [-0.3, -0.25) is 4.79 Å². The molecule has 0 unspecified atom stereocenters. The fraction of sp³-hybridized carbons (Fsp3) is 0. The normalized spacial score (nSPS) is 10.3. The summed E-state index contributed by atoms with van der Waals surface area (Å²) >= 11 is 7.53. The summed E-state index contributed by atoms with van der Waals surface area (Å²) in [5, 5.41) is 11.8. The van der Waals surface area contributed by atoms with E-state index in [4.69, 9.17) is 11.6 Å². The largest absolute Gasteiger partial charge is 0.320 e. The Morgan fingerprint density at radius 1 is 1.19 bits per heavy atom. The lowest BCUT2D eigenvalue weighted by Crippen LogP contribution is -2.12. The Morgan fingerprint density at radius 3 is 2.71 bits per heavy atom. The van der Waals surface area contributed by atoms with E-state index in [2.05, 4.69) is 4.98 Å². The van der Waals surface area contributed by atoms with Gasteiger partial charge in [-0.15, -0.1) is 11.3 Å². The van der Waals surface area contributed by atoms with Crippen LogP contribution in [0, 0.1) is 11.3 Å². The van der Waals surface area contributed by atoms with Gasteiger partial charge in [-0.05, 0) is 35.2 Å². The van der Waals surface area contributed by atoms with Crippen molar-refractivity contribution in [1.29, 1.82) is 5.26 Å². The van der Waals surface area contributed by atoms with Crippen molar-refractivity contribution in [3.8, 4) is 27.8 Å². The predicted octanol–water partition coefficient (Wildman–Crippen LogP) is 4.30. The van der Waals surface area contributed by atoms with E-state index < -0.39 is 5.56 Å². The summed E-state index contributed by atoms with van der Waals surface area (Å²) in [6.45, 7) is 0. The summed E-state index contributed by atoms with van der Waals surface area (Å²) in [6, 6.07) is 14.7. The number of hydrogen-bond donors (Lipinski definition) is 1.